The van der Waals surface area contributed by atoms with E-state index in [4.69, 9.17) is 10.5 Å². The third kappa shape index (κ3) is 37.9. The van der Waals surface area contributed by atoms with Gasteiger partial charge < -0.3 is 55.9 Å². The van der Waals surface area contributed by atoms with E-state index < -0.39 is 0 Å². The third-order valence-electron chi connectivity index (χ3n) is 18.5. The van der Waals surface area contributed by atoms with Gasteiger partial charge in [0.2, 0.25) is 5.78 Å². The minimum atomic E-state index is -0.0278. The Hall–Kier alpha value is -5.39. The minimum Gasteiger partial charge on any atom is -1.00 e. The van der Waals surface area contributed by atoms with E-state index in [0.29, 0.717) is 16.7 Å². The van der Waals surface area contributed by atoms with Gasteiger partial charge in [0.15, 0.2) is 49.8 Å². The maximum atomic E-state index is 11.8. The highest BCUT2D eigenvalue weighted by molar-refractivity contribution is 7.98. The van der Waals surface area contributed by atoms with Crippen molar-refractivity contribution >= 4 is 73.4 Å². The van der Waals surface area contributed by atoms with E-state index in [1.165, 1.54) is 170 Å². The Morgan fingerprint density at radius 1 is 0.358 bits per heavy atom. The van der Waals surface area contributed by atoms with Gasteiger partial charge in [-0.1, -0.05) is 285 Å². The van der Waals surface area contributed by atoms with Gasteiger partial charge in [0.05, 0.1) is 45.8 Å². The first-order valence-corrected chi connectivity index (χ1v) is 45.7. The first-order valence-electron chi connectivity index (χ1n) is 38.5. The largest absolute Gasteiger partial charge is 1.00 e. The number of benzene rings is 10. The van der Waals surface area contributed by atoms with Crippen LogP contribution in [0, 0.1) is 11.8 Å². The number of halogens is 2. The number of carbonyl (C=O) groups is 1. The molecule has 3 saturated carbocycles. The molecule has 1 saturated heterocycles. The van der Waals surface area contributed by atoms with E-state index in [0.717, 1.165) is 90.6 Å². The molecule has 4 aliphatic rings. The van der Waals surface area contributed by atoms with E-state index in [1.807, 2.05) is 30.3 Å². The smallest absolute Gasteiger partial charge is 0.211 e. The molecule has 17 heteroatoms. The average Bonchev–Trinajstić information content (AvgIpc) is 0.970. The SMILES string of the molecule is CC1CCCCC1.CC1CCCCC1.O=C(C[S+]1CCCC1)c1ccccc1.[Br-].[Br-].[NH3+]CCCSOO[O-].[NH3+]CCCSOO[O-].c1ccc([S+](c2ccccc2)c2ccc(C3CCCCC3)cc2)cc1.c1ccc([S+](c2ccccc2)c2ccccc2)cc1.c1ccc([S+](c2ccccc2)c2ccccc2)cc1. The lowest BCUT2D eigenvalue weighted by Gasteiger charge is -2.22. The summed E-state index contributed by atoms with van der Waals surface area (Å²) in [5.74, 6) is 8.02. The zero-order valence-corrected chi connectivity index (χ0v) is 72.0. The maximum Gasteiger partial charge on any atom is 0.211 e. The summed E-state index contributed by atoms with van der Waals surface area (Å²) in [6, 6.07) is 105. The quantitative estimate of drug-likeness (QED) is 0.0159. The Morgan fingerprint density at radius 3 is 0.844 bits per heavy atom. The minimum absolute atomic E-state index is 0. The topological polar surface area (TPSA) is 155 Å². The highest BCUT2D eigenvalue weighted by Gasteiger charge is 2.31. The highest BCUT2D eigenvalue weighted by atomic mass is 79.9. The molecule has 0 bridgehead atoms. The molecule has 1 heterocycles. The number of Topliss-reactive ketones (excluding diaryl/α,β-unsaturated/α-hetero) is 1. The molecular weight excluding hydrogens is 1600 g/mol. The van der Waals surface area contributed by atoms with Crippen LogP contribution in [0.15, 0.2) is 341 Å². The molecule has 4 fully saturated rings. The van der Waals surface area contributed by atoms with Crippen molar-refractivity contribution in [2.45, 2.75) is 186 Å². The van der Waals surface area contributed by atoms with Crippen molar-refractivity contribution in [2.24, 2.45) is 11.8 Å². The zero-order chi connectivity index (χ0) is 75.2. The van der Waals surface area contributed by atoms with Crippen LogP contribution in [0.5, 0.6) is 0 Å². The van der Waals surface area contributed by atoms with Gasteiger partial charge in [-0.05, 0) is 169 Å². The average molecular weight is 1710 g/mol. The molecular formula is C92H116Br2N2O7S6+2. The summed E-state index contributed by atoms with van der Waals surface area (Å²) in [5, 5.41) is 24.4. The summed E-state index contributed by atoms with van der Waals surface area (Å²) in [5.41, 5.74) is 9.61. The van der Waals surface area contributed by atoms with Gasteiger partial charge in [-0.15, -0.1) is 0 Å². The van der Waals surface area contributed by atoms with Crippen LogP contribution in [-0.4, -0.2) is 47.6 Å². The van der Waals surface area contributed by atoms with Crippen LogP contribution in [0.3, 0.4) is 0 Å². The number of carbonyl (C=O) groups excluding carboxylic acids is 1. The summed E-state index contributed by atoms with van der Waals surface area (Å²) in [6.07, 6.45) is 26.3. The van der Waals surface area contributed by atoms with Crippen molar-refractivity contribution in [3.05, 3.63) is 308 Å². The summed E-state index contributed by atoms with van der Waals surface area (Å²) in [6.45, 7) is 6.43. The fourth-order valence-corrected chi connectivity index (χ4v) is 22.2. The molecule has 0 spiro atoms. The fraction of sp³-hybridized carbons (Fsp3) is 0.337. The summed E-state index contributed by atoms with van der Waals surface area (Å²) in [7, 11) is 0.335. The van der Waals surface area contributed by atoms with Gasteiger partial charge in [-0.3, -0.25) is 14.9 Å². The molecule has 0 aromatic heterocycles. The second kappa shape index (κ2) is 60.2. The number of hydrogen-bond donors (Lipinski definition) is 2. The number of rotatable bonds is 23. The molecule has 0 unspecified atom stereocenters. The van der Waals surface area contributed by atoms with Crippen LogP contribution in [0.1, 0.15) is 158 Å². The van der Waals surface area contributed by atoms with Gasteiger partial charge in [0.1, 0.15) is 11.5 Å². The van der Waals surface area contributed by atoms with Gasteiger partial charge in [-0.25, -0.2) is 0 Å². The van der Waals surface area contributed by atoms with Crippen molar-refractivity contribution in [1.82, 2.24) is 0 Å². The van der Waals surface area contributed by atoms with Crippen LogP contribution in [0.4, 0.5) is 0 Å². The fourth-order valence-electron chi connectivity index (χ4n) is 12.8. The normalized spacial score (nSPS) is 14.1. The molecule has 109 heavy (non-hydrogen) atoms. The molecule has 584 valence electrons. The van der Waals surface area contributed by atoms with Crippen molar-refractivity contribution < 1.29 is 79.5 Å². The van der Waals surface area contributed by atoms with Crippen molar-refractivity contribution in [3.8, 4) is 0 Å². The molecule has 3 aliphatic carbocycles. The Bertz CT molecular complexity index is 3370. The Morgan fingerprint density at radius 2 is 0.606 bits per heavy atom. The monoisotopic (exact) mass is 1710 g/mol. The first-order chi connectivity index (χ1) is 52.8. The Balaban J connectivity index is 0.000000232. The van der Waals surface area contributed by atoms with Gasteiger partial charge in [-0.2, -0.15) is 8.67 Å². The molecule has 10 aromatic rings. The summed E-state index contributed by atoms with van der Waals surface area (Å²) < 4.78 is 7.94. The maximum absolute atomic E-state index is 11.8. The number of ketones is 1. The second-order valence-electron chi connectivity index (χ2n) is 26.8. The molecule has 6 N–H and O–H groups in total. The molecule has 14 rings (SSSR count). The lowest BCUT2D eigenvalue weighted by atomic mass is 9.84. The van der Waals surface area contributed by atoms with Crippen LogP contribution in [-0.2, 0) is 62.3 Å². The van der Waals surface area contributed by atoms with Crippen LogP contribution in [0.2, 0.25) is 0 Å². The lowest BCUT2D eigenvalue weighted by Crippen LogP contribution is -3.00. The zero-order valence-electron chi connectivity index (χ0n) is 63.9. The van der Waals surface area contributed by atoms with E-state index in [1.54, 1.807) is 0 Å². The van der Waals surface area contributed by atoms with Crippen molar-refractivity contribution in [1.29, 1.82) is 0 Å². The highest BCUT2D eigenvalue weighted by Crippen LogP contribution is 2.37. The van der Waals surface area contributed by atoms with Gasteiger partial charge in [0.25, 0.3) is 0 Å². The molecule has 1 aliphatic heterocycles. The Kier molecular flexibility index (Phi) is 52.1. The molecule has 0 radical (unpaired) electrons. The number of hydrogen-bond acceptors (Lipinski definition) is 9. The molecule has 9 nitrogen and oxygen atoms in total. The van der Waals surface area contributed by atoms with Crippen LogP contribution < -0.4 is 55.9 Å². The van der Waals surface area contributed by atoms with E-state index >= 15 is 0 Å². The van der Waals surface area contributed by atoms with Crippen molar-refractivity contribution in [2.75, 3.05) is 41.9 Å². The van der Waals surface area contributed by atoms with E-state index in [-0.39, 0.29) is 66.6 Å². The number of quaternary nitrogens is 2. The van der Waals surface area contributed by atoms with Crippen LogP contribution >= 0.6 is 24.1 Å². The molecule has 0 amide bonds. The second-order valence-corrected chi connectivity index (χ2v) is 36.8. The lowest BCUT2D eigenvalue weighted by molar-refractivity contribution is -0.777. The molecule has 0 atom stereocenters. The Labute approximate surface area is 694 Å². The predicted octanol–water partition coefficient (Wildman–Crippen LogP) is 14.8. The summed E-state index contributed by atoms with van der Waals surface area (Å²) >= 11 is 2.01. The summed E-state index contributed by atoms with van der Waals surface area (Å²) in [4.78, 5) is 24.2. The van der Waals surface area contributed by atoms with E-state index in [2.05, 4.69) is 311 Å². The predicted molar refractivity (Wildman–Crippen MR) is 451 cm³/mol. The first kappa shape index (κ1) is 94.2. The van der Waals surface area contributed by atoms with Gasteiger partial charge >= 0.3 is 0 Å². The third-order valence-corrected chi connectivity index (χ3v) is 28.8. The standard InChI is InChI=1S/C24H25S.2C18H15S.C12H15OS.2C7H14.2C3H9NO3S.2BrH/c1-4-10-20(11-5-1)21-16-18-24(19-17-21)25(22-12-6-2-7-13-22)23-14-8-3-9-15-23;2*1-4-10-16(11-5-1)19(17-12-6-2-7-13-17)18-14-8-3-9-15-18;13-12(10-14-8-4-5-9-14)11-6-2-1-3-7-11;2*1-7-5-3-2-4-6-7;2*4-2-1-3-8-7-6-5;;/h2-3,6-9,12-20H,1,4-5,10-11H2;2*1-15H;1-3,6-7H,4-5,8-10H2;2*7H,2-6H2,1H3;2*5H,1-4H2;2*1H/q4*+1;;;;;;/p-2. The molecule has 10 aromatic carbocycles. The van der Waals surface area contributed by atoms with Crippen LogP contribution in [0.25, 0.3) is 0 Å². The van der Waals surface area contributed by atoms with Gasteiger partial charge in [0, 0.05) is 54.0 Å². The van der Waals surface area contributed by atoms with Crippen molar-refractivity contribution in [3.63, 3.8) is 0 Å². The van der Waals surface area contributed by atoms with E-state index in [9.17, 15) is 4.79 Å².